The molecule has 0 atom stereocenters. The van der Waals surface area contributed by atoms with Gasteiger partial charge in [-0.1, -0.05) is 0 Å². The van der Waals surface area contributed by atoms with Crippen molar-refractivity contribution in [2.24, 2.45) is 5.73 Å². The maximum atomic E-state index is 13.2. The van der Waals surface area contributed by atoms with Crippen LogP contribution in [0.1, 0.15) is 10.4 Å². The molecule has 0 aromatic heterocycles. The molecular formula is C10H12F2N2O. The highest BCUT2D eigenvalue weighted by Gasteiger charge is 2.15. The molecular weight excluding hydrogens is 202 g/mol. The van der Waals surface area contributed by atoms with Gasteiger partial charge in [0.15, 0.2) is 17.4 Å². The molecule has 0 amide bonds. The number of Topliss-reactive ketones (excluding diaryl/α,β-unsaturated/α-hetero) is 1. The fourth-order valence-corrected chi connectivity index (χ4v) is 1.18. The van der Waals surface area contributed by atoms with Crippen molar-refractivity contribution >= 4 is 11.5 Å². The highest BCUT2D eigenvalue weighted by atomic mass is 19.2. The Morgan fingerprint density at radius 1 is 1.40 bits per heavy atom. The van der Waals surface area contributed by atoms with E-state index in [-0.39, 0.29) is 17.8 Å². The minimum atomic E-state index is -1.04. The van der Waals surface area contributed by atoms with Gasteiger partial charge in [0.2, 0.25) is 0 Å². The van der Waals surface area contributed by atoms with Crippen LogP contribution < -0.4 is 10.6 Å². The SMILES string of the molecule is CN(C)c1cc(C(=O)CN)cc(F)c1F. The molecule has 0 aliphatic rings. The first-order valence-corrected chi connectivity index (χ1v) is 4.37. The van der Waals surface area contributed by atoms with Gasteiger partial charge >= 0.3 is 0 Å². The highest BCUT2D eigenvalue weighted by Crippen LogP contribution is 2.22. The van der Waals surface area contributed by atoms with Crippen molar-refractivity contribution in [3.8, 4) is 0 Å². The summed E-state index contributed by atoms with van der Waals surface area (Å²) in [4.78, 5) is 12.6. The monoisotopic (exact) mass is 214 g/mol. The lowest BCUT2D eigenvalue weighted by atomic mass is 10.1. The number of carbonyl (C=O) groups excluding carboxylic acids is 1. The molecule has 0 heterocycles. The van der Waals surface area contributed by atoms with E-state index >= 15 is 0 Å². The molecule has 2 N–H and O–H groups in total. The van der Waals surface area contributed by atoms with Gasteiger partial charge in [-0.2, -0.15) is 0 Å². The third kappa shape index (κ3) is 2.30. The van der Waals surface area contributed by atoms with Crippen molar-refractivity contribution < 1.29 is 13.6 Å². The van der Waals surface area contributed by atoms with E-state index in [0.29, 0.717) is 0 Å². The number of carbonyl (C=O) groups is 1. The van der Waals surface area contributed by atoms with Gasteiger partial charge in [-0.25, -0.2) is 8.78 Å². The number of hydrogen-bond acceptors (Lipinski definition) is 3. The zero-order valence-corrected chi connectivity index (χ0v) is 8.55. The number of rotatable bonds is 3. The Morgan fingerprint density at radius 2 is 2.00 bits per heavy atom. The summed E-state index contributed by atoms with van der Waals surface area (Å²) in [6, 6.07) is 2.14. The van der Waals surface area contributed by atoms with E-state index in [4.69, 9.17) is 5.73 Å². The van der Waals surface area contributed by atoms with Crippen LogP contribution in [-0.2, 0) is 0 Å². The molecule has 0 aliphatic carbocycles. The van der Waals surface area contributed by atoms with Crippen LogP contribution in [0.25, 0.3) is 0 Å². The van der Waals surface area contributed by atoms with E-state index in [0.717, 1.165) is 6.07 Å². The molecule has 0 saturated carbocycles. The number of halogens is 2. The molecule has 0 spiro atoms. The summed E-state index contributed by atoms with van der Waals surface area (Å²) in [6.45, 7) is -0.224. The van der Waals surface area contributed by atoms with Gasteiger partial charge in [0.1, 0.15) is 0 Å². The van der Waals surface area contributed by atoms with Gasteiger partial charge in [-0.05, 0) is 12.1 Å². The number of benzene rings is 1. The summed E-state index contributed by atoms with van der Waals surface area (Å²) in [5.74, 6) is -2.43. The van der Waals surface area contributed by atoms with Crippen molar-refractivity contribution in [3.63, 3.8) is 0 Å². The number of ketones is 1. The lowest BCUT2D eigenvalue weighted by Crippen LogP contribution is -2.17. The fourth-order valence-electron chi connectivity index (χ4n) is 1.18. The van der Waals surface area contributed by atoms with Crippen LogP contribution in [0.2, 0.25) is 0 Å². The smallest absolute Gasteiger partial charge is 0.182 e. The molecule has 0 bridgehead atoms. The first kappa shape index (κ1) is 11.6. The van der Waals surface area contributed by atoms with Crippen molar-refractivity contribution in [2.45, 2.75) is 0 Å². The predicted octanol–water partition coefficient (Wildman–Crippen LogP) is 1.17. The Labute approximate surface area is 86.5 Å². The predicted molar refractivity (Wildman–Crippen MR) is 54.1 cm³/mol. The van der Waals surface area contributed by atoms with Crippen LogP contribution in [0.5, 0.6) is 0 Å². The third-order valence-electron chi connectivity index (χ3n) is 2.00. The summed E-state index contributed by atoms with van der Waals surface area (Å²) in [5.41, 5.74) is 5.26. The second-order valence-electron chi connectivity index (χ2n) is 3.31. The van der Waals surface area contributed by atoms with E-state index in [9.17, 15) is 13.6 Å². The van der Waals surface area contributed by atoms with Crippen LogP contribution in [0.15, 0.2) is 12.1 Å². The summed E-state index contributed by atoms with van der Waals surface area (Å²) < 4.78 is 26.3. The lowest BCUT2D eigenvalue weighted by Gasteiger charge is -2.14. The average Bonchev–Trinajstić information content (AvgIpc) is 2.20. The Balaban J connectivity index is 3.29. The lowest BCUT2D eigenvalue weighted by molar-refractivity contribution is 0.100. The second-order valence-corrected chi connectivity index (χ2v) is 3.31. The largest absolute Gasteiger partial charge is 0.375 e. The van der Waals surface area contributed by atoms with Gasteiger partial charge in [0, 0.05) is 19.7 Å². The molecule has 0 saturated heterocycles. The molecule has 15 heavy (non-hydrogen) atoms. The number of hydrogen-bond donors (Lipinski definition) is 1. The Hall–Kier alpha value is -1.49. The zero-order valence-electron chi connectivity index (χ0n) is 8.55. The molecule has 3 nitrogen and oxygen atoms in total. The Kier molecular flexibility index (Phi) is 3.36. The van der Waals surface area contributed by atoms with E-state index in [1.807, 2.05) is 0 Å². The summed E-state index contributed by atoms with van der Waals surface area (Å²) in [6.07, 6.45) is 0. The standard InChI is InChI=1S/C10H12F2N2O/c1-14(2)8-4-6(9(15)5-13)3-7(11)10(8)12/h3-4H,5,13H2,1-2H3. The van der Waals surface area contributed by atoms with Gasteiger partial charge in [-0.3, -0.25) is 4.79 Å². The molecule has 1 rings (SSSR count). The quantitative estimate of drug-likeness (QED) is 0.768. The fraction of sp³-hybridized carbons (Fsp3) is 0.300. The number of nitrogens with zero attached hydrogens (tertiary/aromatic N) is 1. The molecule has 0 aliphatic heterocycles. The molecule has 0 radical (unpaired) electrons. The molecule has 5 heteroatoms. The molecule has 1 aromatic carbocycles. The summed E-state index contributed by atoms with van der Waals surface area (Å²) >= 11 is 0. The van der Waals surface area contributed by atoms with Crippen molar-refractivity contribution in [3.05, 3.63) is 29.3 Å². The first-order valence-electron chi connectivity index (χ1n) is 4.37. The summed E-state index contributed by atoms with van der Waals surface area (Å²) in [5, 5.41) is 0. The van der Waals surface area contributed by atoms with Crippen molar-refractivity contribution in [1.29, 1.82) is 0 Å². The maximum Gasteiger partial charge on any atom is 0.182 e. The van der Waals surface area contributed by atoms with Gasteiger partial charge in [0.25, 0.3) is 0 Å². The Bertz CT molecular complexity index is 391. The third-order valence-corrected chi connectivity index (χ3v) is 2.00. The molecule has 0 fully saturated rings. The average molecular weight is 214 g/mol. The molecule has 1 aromatic rings. The van der Waals surface area contributed by atoms with E-state index in [1.54, 1.807) is 14.1 Å². The van der Waals surface area contributed by atoms with Crippen LogP contribution >= 0.6 is 0 Å². The van der Waals surface area contributed by atoms with Crippen molar-refractivity contribution in [1.82, 2.24) is 0 Å². The van der Waals surface area contributed by atoms with Gasteiger partial charge in [0.05, 0.1) is 12.2 Å². The van der Waals surface area contributed by atoms with Crippen LogP contribution in [0.4, 0.5) is 14.5 Å². The van der Waals surface area contributed by atoms with Crippen molar-refractivity contribution in [2.75, 3.05) is 25.5 Å². The molecule has 82 valence electrons. The molecule has 0 unspecified atom stereocenters. The normalized spacial score (nSPS) is 10.2. The van der Waals surface area contributed by atoms with Gasteiger partial charge < -0.3 is 10.6 Å². The van der Waals surface area contributed by atoms with Crippen LogP contribution in [0.3, 0.4) is 0 Å². The minimum Gasteiger partial charge on any atom is -0.375 e. The first-order chi connectivity index (χ1) is 6.97. The minimum absolute atomic E-state index is 0.0341. The van der Waals surface area contributed by atoms with Crippen LogP contribution in [-0.4, -0.2) is 26.4 Å². The summed E-state index contributed by atoms with van der Waals surface area (Å²) in [7, 11) is 3.13. The van der Waals surface area contributed by atoms with Crippen LogP contribution in [0, 0.1) is 11.6 Å². The maximum absolute atomic E-state index is 13.2. The number of nitrogens with two attached hydrogens (primary N) is 1. The second kappa shape index (κ2) is 4.35. The van der Waals surface area contributed by atoms with E-state index in [2.05, 4.69) is 0 Å². The van der Waals surface area contributed by atoms with Gasteiger partial charge in [-0.15, -0.1) is 0 Å². The zero-order chi connectivity index (χ0) is 11.6. The highest BCUT2D eigenvalue weighted by molar-refractivity contribution is 5.98. The topological polar surface area (TPSA) is 46.3 Å². The Morgan fingerprint density at radius 3 is 2.47 bits per heavy atom. The number of anilines is 1. The van der Waals surface area contributed by atoms with E-state index in [1.165, 1.54) is 11.0 Å². The van der Waals surface area contributed by atoms with E-state index < -0.39 is 17.4 Å².